The van der Waals surface area contributed by atoms with Crippen molar-refractivity contribution in [3.05, 3.63) is 117 Å². The second-order valence-electron chi connectivity index (χ2n) is 12.4. The smallest absolute Gasteiger partial charge is 0.407 e. The highest BCUT2D eigenvalue weighted by molar-refractivity contribution is 7.90. The standard InChI is InChI=1S/C39H35Cl2N3O9S/c1-54(49,50)28-18-24(20-42-21-28)23-52-37-26(22-46)19-34(40)38(43-37)53-35-13-12-31-30(5-3-6-32(31)35)33-7-2-4-29(36(33)41)25-8-10-27(11-9-25)51-17-15-44(14-16-45)39(47)48/h2-11,18-22,35,45H,12-17,23H2,1H3,(H,47,48)/t35-/m0/s1. The molecule has 0 bridgehead atoms. The minimum absolute atomic E-state index is 0.0103. The van der Waals surface area contributed by atoms with Gasteiger partial charge in [0.15, 0.2) is 16.1 Å². The summed E-state index contributed by atoms with van der Waals surface area (Å²) in [6.45, 7) is -0.103. The monoisotopic (exact) mass is 791 g/mol. The van der Waals surface area contributed by atoms with E-state index in [0.717, 1.165) is 44.5 Å². The van der Waals surface area contributed by atoms with Crippen molar-refractivity contribution in [3.63, 3.8) is 0 Å². The molecular weight excluding hydrogens is 757 g/mol. The van der Waals surface area contributed by atoms with Gasteiger partial charge in [0.1, 0.15) is 30.1 Å². The quantitative estimate of drug-likeness (QED) is 0.102. The van der Waals surface area contributed by atoms with E-state index in [4.69, 9.17) is 42.5 Å². The van der Waals surface area contributed by atoms with Crippen LogP contribution in [0.5, 0.6) is 17.5 Å². The third kappa shape index (κ3) is 8.77. The summed E-state index contributed by atoms with van der Waals surface area (Å²) in [4.78, 5) is 32.7. The molecule has 1 atom stereocenters. The van der Waals surface area contributed by atoms with Crippen LogP contribution in [-0.4, -0.2) is 78.4 Å². The van der Waals surface area contributed by atoms with Crippen molar-refractivity contribution in [2.75, 3.05) is 32.6 Å². The Hall–Kier alpha value is -5.21. The van der Waals surface area contributed by atoms with Crippen molar-refractivity contribution in [2.45, 2.75) is 30.4 Å². The molecule has 5 aromatic rings. The van der Waals surface area contributed by atoms with Crippen molar-refractivity contribution >= 4 is 45.4 Å². The van der Waals surface area contributed by atoms with Gasteiger partial charge in [-0.25, -0.2) is 13.2 Å². The number of aromatic nitrogens is 2. The van der Waals surface area contributed by atoms with E-state index in [9.17, 15) is 23.1 Å². The lowest BCUT2D eigenvalue weighted by Crippen LogP contribution is -2.35. The molecule has 1 aliphatic rings. The van der Waals surface area contributed by atoms with Gasteiger partial charge in [-0.1, -0.05) is 71.7 Å². The Kier molecular flexibility index (Phi) is 12.0. The van der Waals surface area contributed by atoms with E-state index in [1.54, 1.807) is 12.1 Å². The summed E-state index contributed by atoms with van der Waals surface area (Å²) in [6.07, 6.45) is 4.16. The zero-order valence-electron chi connectivity index (χ0n) is 28.9. The molecule has 0 saturated heterocycles. The number of ether oxygens (including phenoxy) is 3. The number of aliphatic hydroxyl groups is 1. The SMILES string of the molecule is CS(=O)(=O)c1cncc(COc2nc(O[C@H]3CCc4c(-c5cccc(-c6ccc(OCCN(CCO)C(=O)O)cc6)c5Cl)cccc43)c(Cl)cc2C=O)c1. The average Bonchev–Trinajstić information content (AvgIpc) is 3.57. The largest absolute Gasteiger partial charge is 0.492 e. The van der Waals surface area contributed by atoms with Crippen LogP contribution in [-0.2, 0) is 22.9 Å². The highest BCUT2D eigenvalue weighted by Gasteiger charge is 2.29. The Balaban J connectivity index is 1.19. The number of carboxylic acid groups (broad SMARTS) is 1. The summed E-state index contributed by atoms with van der Waals surface area (Å²) in [6, 6.07) is 22.0. The van der Waals surface area contributed by atoms with Crippen LogP contribution in [0.3, 0.4) is 0 Å². The first-order valence-corrected chi connectivity index (χ1v) is 19.4. The maximum Gasteiger partial charge on any atom is 0.407 e. The van der Waals surface area contributed by atoms with Gasteiger partial charge < -0.3 is 29.3 Å². The van der Waals surface area contributed by atoms with Crippen LogP contribution >= 0.6 is 23.2 Å². The molecule has 0 saturated carbocycles. The van der Waals surface area contributed by atoms with E-state index >= 15 is 0 Å². The van der Waals surface area contributed by atoms with Crippen LogP contribution in [0.25, 0.3) is 22.3 Å². The van der Waals surface area contributed by atoms with Crippen LogP contribution in [0.4, 0.5) is 4.79 Å². The Morgan fingerprint density at radius 3 is 2.43 bits per heavy atom. The lowest BCUT2D eigenvalue weighted by atomic mass is 9.94. The number of aliphatic hydroxyl groups excluding tert-OH is 1. The van der Waals surface area contributed by atoms with Crippen LogP contribution in [0.15, 0.2) is 90.1 Å². The molecule has 54 heavy (non-hydrogen) atoms. The Labute approximate surface area is 321 Å². The van der Waals surface area contributed by atoms with Gasteiger partial charge in [0.2, 0.25) is 11.8 Å². The molecule has 15 heteroatoms. The number of halogens is 2. The fourth-order valence-electron chi connectivity index (χ4n) is 6.17. The summed E-state index contributed by atoms with van der Waals surface area (Å²) >= 11 is 13.6. The van der Waals surface area contributed by atoms with Crippen LogP contribution in [0, 0.1) is 0 Å². The van der Waals surface area contributed by atoms with Gasteiger partial charge in [-0.3, -0.25) is 9.78 Å². The number of aldehydes is 1. The summed E-state index contributed by atoms with van der Waals surface area (Å²) in [5.41, 5.74) is 6.08. The van der Waals surface area contributed by atoms with E-state index < -0.39 is 22.0 Å². The van der Waals surface area contributed by atoms with Crippen LogP contribution in [0.2, 0.25) is 10.0 Å². The molecule has 0 aliphatic heterocycles. The third-order valence-electron chi connectivity index (χ3n) is 8.83. The average molecular weight is 793 g/mol. The Morgan fingerprint density at radius 1 is 0.963 bits per heavy atom. The Morgan fingerprint density at radius 2 is 1.70 bits per heavy atom. The van der Waals surface area contributed by atoms with Crippen molar-refractivity contribution in [1.29, 1.82) is 0 Å². The van der Waals surface area contributed by atoms with Crippen molar-refractivity contribution in [1.82, 2.24) is 14.9 Å². The fraction of sp³-hybridized carbons (Fsp3) is 0.231. The molecule has 1 aliphatic carbocycles. The first-order chi connectivity index (χ1) is 26.0. The maximum atomic E-state index is 12.0. The van der Waals surface area contributed by atoms with Gasteiger partial charge in [-0.2, -0.15) is 4.98 Å². The lowest BCUT2D eigenvalue weighted by Gasteiger charge is -2.18. The van der Waals surface area contributed by atoms with E-state index in [-0.39, 0.29) is 60.2 Å². The maximum absolute atomic E-state index is 12.0. The molecule has 12 nitrogen and oxygen atoms in total. The van der Waals surface area contributed by atoms with E-state index in [1.807, 2.05) is 48.5 Å². The topological polar surface area (TPSA) is 165 Å². The number of carbonyl (C=O) groups is 2. The number of carbonyl (C=O) groups excluding carboxylic acids is 1. The number of amides is 1. The van der Waals surface area contributed by atoms with Crippen molar-refractivity contribution < 1.29 is 42.4 Å². The zero-order chi connectivity index (χ0) is 38.4. The molecule has 6 rings (SSSR count). The molecule has 280 valence electrons. The van der Waals surface area contributed by atoms with Gasteiger partial charge in [-0.05, 0) is 59.4 Å². The van der Waals surface area contributed by atoms with E-state index in [1.165, 1.54) is 24.5 Å². The third-order valence-corrected chi connectivity index (χ3v) is 10.6. The van der Waals surface area contributed by atoms with Gasteiger partial charge in [0, 0.05) is 41.9 Å². The number of nitrogens with zero attached hydrogens (tertiary/aromatic N) is 3. The molecule has 3 aromatic carbocycles. The zero-order valence-corrected chi connectivity index (χ0v) is 31.3. The van der Waals surface area contributed by atoms with E-state index in [0.29, 0.717) is 35.5 Å². The number of hydrogen-bond donors (Lipinski definition) is 2. The summed E-state index contributed by atoms with van der Waals surface area (Å²) in [7, 11) is -3.48. The number of hydrogen-bond acceptors (Lipinski definition) is 10. The van der Waals surface area contributed by atoms with Gasteiger partial charge in [0.05, 0.1) is 28.6 Å². The highest BCUT2D eigenvalue weighted by Crippen LogP contribution is 2.44. The molecule has 0 unspecified atom stereocenters. The molecule has 2 N–H and O–H groups in total. The van der Waals surface area contributed by atoms with Crippen LogP contribution in [0.1, 0.15) is 39.6 Å². The second-order valence-corrected chi connectivity index (χ2v) is 15.2. The number of benzene rings is 3. The molecule has 1 amide bonds. The predicted octanol–water partition coefficient (Wildman–Crippen LogP) is 7.33. The summed E-state index contributed by atoms with van der Waals surface area (Å²) in [5.74, 6) is 0.630. The molecule has 2 aromatic heterocycles. The first kappa shape index (κ1) is 38.5. The molecule has 2 heterocycles. The van der Waals surface area contributed by atoms with Crippen molar-refractivity contribution in [3.8, 4) is 39.8 Å². The number of fused-ring (bicyclic) bond motifs is 1. The summed E-state index contributed by atoms with van der Waals surface area (Å²) < 4.78 is 41.9. The lowest BCUT2D eigenvalue weighted by molar-refractivity contribution is 0.111. The molecule has 0 fully saturated rings. The Bertz CT molecular complexity index is 2290. The molecular formula is C39H35Cl2N3O9S. The second kappa shape index (κ2) is 16.9. The summed E-state index contributed by atoms with van der Waals surface area (Å²) in [5, 5.41) is 19.0. The van der Waals surface area contributed by atoms with Gasteiger partial charge in [0.25, 0.3) is 0 Å². The fourth-order valence-corrected chi connectivity index (χ4v) is 7.33. The highest BCUT2D eigenvalue weighted by atomic mass is 35.5. The molecule has 0 radical (unpaired) electrons. The number of pyridine rings is 2. The van der Waals surface area contributed by atoms with Gasteiger partial charge in [-0.15, -0.1) is 0 Å². The molecule has 0 spiro atoms. The van der Waals surface area contributed by atoms with Crippen LogP contribution < -0.4 is 14.2 Å². The normalized spacial score (nSPS) is 13.6. The van der Waals surface area contributed by atoms with Gasteiger partial charge >= 0.3 is 6.09 Å². The number of sulfone groups is 1. The minimum atomic E-state index is -3.48. The number of rotatable bonds is 15. The minimum Gasteiger partial charge on any atom is -0.492 e. The predicted molar refractivity (Wildman–Crippen MR) is 203 cm³/mol. The first-order valence-electron chi connectivity index (χ1n) is 16.8. The van der Waals surface area contributed by atoms with Crippen molar-refractivity contribution in [2.24, 2.45) is 0 Å². The van der Waals surface area contributed by atoms with E-state index in [2.05, 4.69) is 9.97 Å².